The van der Waals surface area contributed by atoms with Gasteiger partial charge < -0.3 is 19.5 Å². The molecule has 0 saturated heterocycles. The lowest BCUT2D eigenvalue weighted by atomic mass is 10.2. The van der Waals surface area contributed by atoms with Crippen LogP contribution in [0.25, 0.3) is 0 Å². The van der Waals surface area contributed by atoms with E-state index in [1.807, 2.05) is 73.7 Å². The summed E-state index contributed by atoms with van der Waals surface area (Å²) in [6.45, 7) is 3.75. The molecule has 4 nitrogen and oxygen atoms in total. The van der Waals surface area contributed by atoms with Crippen LogP contribution in [0.15, 0.2) is 66.7 Å². The fourth-order valence-electron chi connectivity index (χ4n) is 2.77. The monoisotopic (exact) mass is 397 g/mol. The van der Waals surface area contributed by atoms with E-state index in [0.717, 1.165) is 22.6 Å². The van der Waals surface area contributed by atoms with E-state index in [1.54, 1.807) is 7.11 Å². The van der Waals surface area contributed by atoms with Crippen molar-refractivity contribution in [2.24, 2.45) is 0 Å². The summed E-state index contributed by atoms with van der Waals surface area (Å²) in [5.41, 5.74) is 3.14. The summed E-state index contributed by atoms with van der Waals surface area (Å²) >= 11 is 6.02. The first kappa shape index (κ1) is 19.9. The molecule has 1 N–H and O–H groups in total. The highest BCUT2D eigenvalue weighted by Gasteiger charge is 2.07. The van der Waals surface area contributed by atoms with E-state index in [4.69, 9.17) is 25.8 Å². The minimum absolute atomic E-state index is 0.431. The van der Waals surface area contributed by atoms with Crippen molar-refractivity contribution in [3.63, 3.8) is 0 Å². The number of nitrogens with one attached hydrogen (secondary N) is 1. The zero-order valence-corrected chi connectivity index (χ0v) is 16.8. The van der Waals surface area contributed by atoms with Gasteiger partial charge in [-0.1, -0.05) is 29.8 Å². The van der Waals surface area contributed by atoms with Crippen LogP contribution in [-0.4, -0.2) is 13.7 Å². The minimum atomic E-state index is 0.431. The number of rotatable bonds is 9. The van der Waals surface area contributed by atoms with Crippen molar-refractivity contribution in [3.05, 3.63) is 82.9 Å². The number of halogens is 1. The Morgan fingerprint density at radius 3 is 2.39 bits per heavy atom. The molecule has 0 saturated carbocycles. The van der Waals surface area contributed by atoms with E-state index in [0.29, 0.717) is 36.3 Å². The fraction of sp³-hybridized carbons (Fsp3) is 0.217. The zero-order chi connectivity index (χ0) is 19.8. The summed E-state index contributed by atoms with van der Waals surface area (Å²) in [5, 5.41) is 4.10. The van der Waals surface area contributed by atoms with E-state index in [9.17, 15) is 0 Å². The Kier molecular flexibility index (Phi) is 7.04. The molecule has 0 spiro atoms. The molecule has 0 aliphatic heterocycles. The van der Waals surface area contributed by atoms with Gasteiger partial charge in [-0.2, -0.15) is 0 Å². The normalized spacial score (nSPS) is 10.4. The molecule has 0 radical (unpaired) electrons. The quantitative estimate of drug-likeness (QED) is 0.485. The van der Waals surface area contributed by atoms with Crippen molar-refractivity contribution >= 4 is 17.3 Å². The van der Waals surface area contributed by atoms with Crippen molar-refractivity contribution in [2.75, 3.05) is 19.0 Å². The molecular weight excluding hydrogens is 374 g/mol. The van der Waals surface area contributed by atoms with Crippen LogP contribution in [0.4, 0.5) is 5.69 Å². The van der Waals surface area contributed by atoms with Crippen molar-refractivity contribution < 1.29 is 14.2 Å². The molecule has 3 aromatic carbocycles. The largest absolute Gasteiger partial charge is 0.494 e. The number of hydrogen-bond donors (Lipinski definition) is 1. The van der Waals surface area contributed by atoms with Crippen LogP contribution in [0.5, 0.6) is 17.2 Å². The van der Waals surface area contributed by atoms with Gasteiger partial charge in [0.15, 0.2) is 11.5 Å². The van der Waals surface area contributed by atoms with Gasteiger partial charge in [0.25, 0.3) is 0 Å². The Labute approximate surface area is 171 Å². The molecule has 146 valence electrons. The Morgan fingerprint density at radius 1 is 0.857 bits per heavy atom. The third kappa shape index (κ3) is 5.57. The maximum atomic E-state index is 6.02. The number of anilines is 1. The predicted octanol–water partition coefficient (Wildman–Crippen LogP) is 5.94. The Hall–Kier alpha value is -2.85. The van der Waals surface area contributed by atoms with E-state index in [-0.39, 0.29) is 0 Å². The Bertz CT molecular complexity index is 897. The predicted molar refractivity (Wildman–Crippen MR) is 114 cm³/mol. The first-order valence-corrected chi connectivity index (χ1v) is 9.56. The highest BCUT2D eigenvalue weighted by Crippen LogP contribution is 2.29. The van der Waals surface area contributed by atoms with E-state index in [2.05, 4.69) is 5.32 Å². The maximum Gasteiger partial charge on any atom is 0.161 e. The molecule has 0 aliphatic rings. The van der Waals surface area contributed by atoms with Gasteiger partial charge in [-0.05, 0) is 66.6 Å². The lowest BCUT2D eigenvalue weighted by Crippen LogP contribution is -2.02. The van der Waals surface area contributed by atoms with E-state index in [1.165, 1.54) is 0 Å². The van der Waals surface area contributed by atoms with E-state index < -0.39 is 0 Å². The SMILES string of the molecule is CCOc1ccc(NCc2ccc(OCc3cccc(Cl)c3)c(OC)c2)cc1. The molecule has 0 bridgehead atoms. The van der Waals surface area contributed by atoms with Gasteiger partial charge in [0.05, 0.1) is 13.7 Å². The first-order chi connectivity index (χ1) is 13.7. The van der Waals surface area contributed by atoms with Crippen molar-refractivity contribution in [3.8, 4) is 17.2 Å². The molecule has 5 heteroatoms. The maximum absolute atomic E-state index is 6.02. The number of methoxy groups -OCH3 is 1. The second kappa shape index (κ2) is 9.90. The fourth-order valence-corrected chi connectivity index (χ4v) is 2.98. The summed E-state index contributed by atoms with van der Waals surface area (Å²) in [7, 11) is 1.64. The second-order valence-corrected chi connectivity index (χ2v) is 6.65. The lowest BCUT2D eigenvalue weighted by Gasteiger charge is -2.13. The summed E-state index contributed by atoms with van der Waals surface area (Å²) < 4.78 is 16.9. The van der Waals surface area contributed by atoms with Crippen molar-refractivity contribution in [1.29, 1.82) is 0 Å². The molecule has 0 unspecified atom stereocenters. The number of benzene rings is 3. The Balaban J connectivity index is 1.60. The topological polar surface area (TPSA) is 39.7 Å². The average Bonchev–Trinajstić information content (AvgIpc) is 2.72. The molecule has 0 heterocycles. The molecule has 3 rings (SSSR count). The lowest BCUT2D eigenvalue weighted by molar-refractivity contribution is 0.284. The van der Waals surface area contributed by atoms with Crippen LogP contribution in [-0.2, 0) is 13.2 Å². The minimum Gasteiger partial charge on any atom is -0.494 e. The van der Waals surface area contributed by atoms with Gasteiger partial charge in [0.2, 0.25) is 0 Å². The highest BCUT2D eigenvalue weighted by molar-refractivity contribution is 6.30. The van der Waals surface area contributed by atoms with E-state index >= 15 is 0 Å². The second-order valence-electron chi connectivity index (χ2n) is 6.21. The zero-order valence-electron chi connectivity index (χ0n) is 16.1. The standard InChI is InChI=1S/C23H24ClNO3/c1-3-27-21-10-8-20(9-11-21)25-15-17-7-12-22(23(14-17)26-2)28-16-18-5-4-6-19(24)13-18/h4-14,25H,3,15-16H2,1-2H3. The van der Waals surface area contributed by atoms with Crippen molar-refractivity contribution in [1.82, 2.24) is 0 Å². The van der Waals surface area contributed by atoms with Gasteiger partial charge in [-0.25, -0.2) is 0 Å². The van der Waals surface area contributed by atoms with Crippen LogP contribution in [0, 0.1) is 0 Å². The van der Waals surface area contributed by atoms with Gasteiger partial charge in [-0.15, -0.1) is 0 Å². The van der Waals surface area contributed by atoms with Crippen LogP contribution < -0.4 is 19.5 Å². The average molecular weight is 398 g/mol. The van der Waals surface area contributed by atoms with Gasteiger partial charge in [0.1, 0.15) is 12.4 Å². The summed E-state index contributed by atoms with van der Waals surface area (Å²) in [6.07, 6.45) is 0. The van der Waals surface area contributed by atoms with Gasteiger partial charge >= 0.3 is 0 Å². The molecule has 0 atom stereocenters. The molecule has 0 aliphatic carbocycles. The summed E-state index contributed by atoms with van der Waals surface area (Å²) in [4.78, 5) is 0. The van der Waals surface area contributed by atoms with Crippen LogP contribution >= 0.6 is 11.6 Å². The molecule has 28 heavy (non-hydrogen) atoms. The van der Waals surface area contributed by atoms with Gasteiger partial charge in [-0.3, -0.25) is 0 Å². The third-order valence-corrected chi connectivity index (χ3v) is 4.41. The number of ether oxygens (including phenoxy) is 3. The third-order valence-electron chi connectivity index (χ3n) is 4.17. The molecule has 0 aromatic heterocycles. The summed E-state index contributed by atoms with van der Waals surface area (Å²) in [5.74, 6) is 2.27. The molecule has 3 aromatic rings. The van der Waals surface area contributed by atoms with Crippen molar-refractivity contribution in [2.45, 2.75) is 20.1 Å². The number of hydrogen-bond acceptors (Lipinski definition) is 4. The first-order valence-electron chi connectivity index (χ1n) is 9.19. The van der Waals surface area contributed by atoms with Crippen LogP contribution in [0.3, 0.4) is 0 Å². The smallest absolute Gasteiger partial charge is 0.161 e. The van der Waals surface area contributed by atoms with Crippen LogP contribution in [0.1, 0.15) is 18.1 Å². The molecule has 0 fully saturated rings. The summed E-state index contributed by atoms with van der Waals surface area (Å²) in [6, 6.07) is 21.5. The van der Waals surface area contributed by atoms with Gasteiger partial charge in [0, 0.05) is 17.3 Å². The highest BCUT2D eigenvalue weighted by atomic mass is 35.5. The Morgan fingerprint density at radius 2 is 1.68 bits per heavy atom. The molecule has 0 amide bonds. The molecular formula is C23H24ClNO3. The van der Waals surface area contributed by atoms with Crippen LogP contribution in [0.2, 0.25) is 5.02 Å².